The SMILES string of the molecule is Clc1ccc(-c2nc(-c3ccccc3)nc(-c3ccc(-c4ccccc4)cc3)n2)cc1.Clc1nc(-c2ccccc2)nc(-c2ccc(-c3ccccc3)cc2)n1.O[B]Oc1ccc(Cl)cc1.c1ccc(-c2ccc(-c3nc(-c4ccccc4)nc(-c4ccc(-n5c6ccccc6c6cc(-c7ccccc7)ccc65)cc4)n3)cc2)cc1.c1ccc(-c2ccc3c(c2)-c2ccccc2C3)cc1. The van der Waals surface area contributed by atoms with Gasteiger partial charge in [0, 0.05) is 71.0 Å². The van der Waals surface area contributed by atoms with Gasteiger partial charge in [-0.1, -0.05) is 399 Å². The van der Waals surface area contributed by atoms with Crippen molar-refractivity contribution in [2.24, 2.45) is 0 Å². The lowest BCUT2D eigenvalue weighted by Crippen LogP contribution is -2.00. The summed E-state index contributed by atoms with van der Waals surface area (Å²) in [4.78, 5) is 42.2. The number of nitrogens with zero attached hydrogens (tertiary/aromatic N) is 10. The fourth-order valence-corrected chi connectivity index (χ4v) is 16.6. The van der Waals surface area contributed by atoms with Crippen molar-refractivity contribution in [2.45, 2.75) is 6.42 Å². The predicted molar refractivity (Wildman–Crippen MR) is 549 cm³/mol. The van der Waals surface area contributed by atoms with Crippen molar-refractivity contribution in [3.05, 3.63) is 500 Å². The molecule has 16 heteroatoms. The van der Waals surface area contributed by atoms with Crippen LogP contribution in [0.1, 0.15) is 11.1 Å². The molecule has 0 bridgehead atoms. The number of halogens is 3. The van der Waals surface area contributed by atoms with E-state index in [1.54, 1.807) is 24.3 Å². The van der Waals surface area contributed by atoms with E-state index in [9.17, 15) is 0 Å². The third kappa shape index (κ3) is 20.7. The van der Waals surface area contributed by atoms with Gasteiger partial charge in [0.15, 0.2) is 46.6 Å². The number of benzene rings is 18. The van der Waals surface area contributed by atoms with Crippen molar-refractivity contribution in [1.29, 1.82) is 0 Å². The van der Waals surface area contributed by atoms with E-state index in [-0.39, 0.29) is 5.28 Å². The molecule has 4 heterocycles. The number of para-hydroxylation sites is 1. The van der Waals surface area contributed by atoms with E-state index < -0.39 is 0 Å². The first-order valence-electron chi connectivity index (χ1n) is 43.8. The Morgan fingerprint density at radius 2 is 0.478 bits per heavy atom. The highest BCUT2D eigenvalue weighted by atomic mass is 35.5. The molecule has 639 valence electrons. The normalized spacial score (nSPS) is 11.0. The zero-order valence-electron chi connectivity index (χ0n) is 72.3. The molecule has 0 spiro atoms. The molecule has 0 saturated heterocycles. The van der Waals surface area contributed by atoms with Crippen molar-refractivity contribution in [1.82, 2.24) is 49.4 Å². The van der Waals surface area contributed by atoms with Crippen LogP contribution in [-0.2, 0) is 6.42 Å². The lowest BCUT2D eigenvalue weighted by molar-refractivity contribution is 0.454. The lowest BCUT2D eigenvalue weighted by Gasteiger charge is -2.11. The molecule has 4 aromatic heterocycles. The Balaban J connectivity index is 0.000000117. The van der Waals surface area contributed by atoms with E-state index >= 15 is 0 Å². The largest absolute Gasteiger partial charge is 0.569 e. The first-order chi connectivity index (χ1) is 66.1. The van der Waals surface area contributed by atoms with Crippen LogP contribution in [0.25, 0.3) is 185 Å². The highest BCUT2D eigenvalue weighted by molar-refractivity contribution is 6.31. The minimum Gasteiger partial charge on any atom is -0.537 e. The van der Waals surface area contributed by atoms with E-state index in [2.05, 4.69) is 303 Å². The average Bonchev–Trinajstić information content (AvgIpc) is 1.59. The molecule has 134 heavy (non-hydrogen) atoms. The predicted octanol–water partition coefficient (Wildman–Crippen LogP) is 30.2. The van der Waals surface area contributed by atoms with E-state index in [4.69, 9.17) is 69.7 Å². The molecular formula is C118H81BCl3N10O2. The van der Waals surface area contributed by atoms with Crippen LogP contribution in [0.5, 0.6) is 5.75 Å². The van der Waals surface area contributed by atoms with Gasteiger partial charge in [-0.15, -0.1) is 0 Å². The summed E-state index contributed by atoms with van der Waals surface area (Å²) in [5.74, 6) is 5.52. The van der Waals surface area contributed by atoms with Crippen molar-refractivity contribution in [3.63, 3.8) is 0 Å². The van der Waals surface area contributed by atoms with Crippen LogP contribution in [0.2, 0.25) is 15.3 Å². The van der Waals surface area contributed by atoms with Gasteiger partial charge in [-0.25, -0.2) is 34.9 Å². The van der Waals surface area contributed by atoms with Crippen LogP contribution in [0.4, 0.5) is 0 Å². The Morgan fingerprint density at radius 3 is 0.866 bits per heavy atom. The first kappa shape index (κ1) is 86.8. The second-order valence-electron chi connectivity index (χ2n) is 31.5. The number of hydrogen-bond acceptors (Lipinski definition) is 11. The molecule has 22 aromatic rings. The summed E-state index contributed by atoms with van der Waals surface area (Å²) < 4.78 is 6.97. The molecule has 18 aromatic carbocycles. The van der Waals surface area contributed by atoms with E-state index in [1.807, 2.05) is 170 Å². The maximum atomic E-state index is 8.21. The molecule has 0 fully saturated rings. The second kappa shape index (κ2) is 41.5. The third-order valence-corrected chi connectivity index (χ3v) is 23.6. The van der Waals surface area contributed by atoms with E-state index in [0.29, 0.717) is 70.1 Å². The van der Waals surface area contributed by atoms with Crippen LogP contribution in [0.15, 0.2) is 473 Å². The lowest BCUT2D eigenvalue weighted by atomic mass is 9.99. The monoisotopic (exact) mass is 1790 g/mol. The van der Waals surface area contributed by atoms with Gasteiger partial charge in [-0.05, 0) is 193 Å². The Labute approximate surface area is 793 Å². The second-order valence-corrected chi connectivity index (χ2v) is 32.8. The maximum Gasteiger partial charge on any atom is 0.569 e. The van der Waals surface area contributed by atoms with Gasteiger partial charge in [-0.3, -0.25) is 0 Å². The summed E-state index contributed by atoms with van der Waals surface area (Å²) in [5.41, 5.74) is 28.5. The van der Waals surface area contributed by atoms with Crippen LogP contribution in [0.3, 0.4) is 0 Å². The Hall–Kier alpha value is -16.5. The van der Waals surface area contributed by atoms with Crippen molar-refractivity contribution in [3.8, 4) is 169 Å². The summed E-state index contributed by atoms with van der Waals surface area (Å²) in [6.45, 7) is 0. The Bertz CT molecular complexity index is 7730. The third-order valence-electron chi connectivity index (χ3n) is 22.9. The molecule has 1 N–H and O–H groups in total. The van der Waals surface area contributed by atoms with E-state index in [1.165, 1.54) is 83.0 Å². The summed E-state index contributed by atoms with van der Waals surface area (Å²) in [7, 11) is 0.628. The minimum atomic E-state index is 0.191. The van der Waals surface area contributed by atoms with Crippen molar-refractivity contribution in [2.75, 3.05) is 0 Å². The molecule has 0 saturated carbocycles. The Kier molecular flexibility index (Phi) is 26.9. The summed E-state index contributed by atoms with van der Waals surface area (Å²) in [6.07, 6.45) is 1.07. The maximum absolute atomic E-state index is 8.21. The summed E-state index contributed by atoms with van der Waals surface area (Å²) in [6, 6.07) is 160. The molecule has 0 aliphatic heterocycles. The molecule has 1 radical (unpaired) electrons. The van der Waals surface area contributed by atoms with Crippen molar-refractivity contribution < 1.29 is 9.68 Å². The van der Waals surface area contributed by atoms with Gasteiger partial charge in [-0.2, -0.15) is 9.97 Å². The summed E-state index contributed by atoms with van der Waals surface area (Å²) in [5, 5.41) is 12.2. The summed E-state index contributed by atoms with van der Waals surface area (Å²) >= 11 is 17.8. The fraction of sp³-hybridized carbons (Fsp3) is 0.00847. The van der Waals surface area contributed by atoms with Crippen molar-refractivity contribution >= 4 is 64.3 Å². The van der Waals surface area contributed by atoms with Crippen LogP contribution >= 0.6 is 34.8 Å². The fourth-order valence-electron chi connectivity index (χ4n) is 16.2. The van der Waals surface area contributed by atoms with E-state index in [0.717, 1.165) is 73.3 Å². The quantitative estimate of drug-likeness (QED) is 0.0921. The van der Waals surface area contributed by atoms with Crippen LogP contribution in [0, 0.1) is 0 Å². The molecule has 12 nitrogen and oxygen atoms in total. The molecule has 23 rings (SSSR count). The van der Waals surface area contributed by atoms with Gasteiger partial charge >= 0.3 is 7.69 Å². The number of rotatable bonds is 16. The number of fused-ring (bicyclic) bond motifs is 6. The van der Waals surface area contributed by atoms with Gasteiger partial charge in [0.2, 0.25) is 5.28 Å². The topological polar surface area (TPSA) is 150 Å². The minimum absolute atomic E-state index is 0.191. The molecular weight excluding hydrogens is 1710 g/mol. The van der Waals surface area contributed by atoms with Gasteiger partial charge in [0.1, 0.15) is 5.75 Å². The number of aromatic nitrogens is 10. The molecule has 1 aliphatic carbocycles. The standard InChI is InChI=1S/C45H30N4.C27H18ClN3.C21H14ClN3.C19H14.C6H5BClO2/c1-4-12-31(13-5-1)33-20-22-35(23-21-33)44-46-43(34-16-8-3-9-17-34)47-45(48-44)36-24-27-38(28-25-36)49-41-19-11-10-18-39(41)40-30-37(26-29-42(40)49)32-14-6-2-7-15-32;28-24-17-15-23(16-18-24)27-30-25(21-9-5-2-6-10-21)29-26(31-27)22-13-11-20(12-14-22)19-7-3-1-4-8-19;22-21-24-19(17-9-5-2-6-10-17)23-20(25-21)18-13-11-16(12-14-18)15-7-3-1-4-8-15;1-2-6-14(7-3-1)15-10-11-17-12-16-8-4-5-9-18(16)19(17)13-15;8-5-1-3-6(4-2-5)10-7-9/h1-30H;1-18H;1-14H;1-11,13H,12H2;1-4,9H. The Morgan fingerprint density at radius 1 is 0.216 bits per heavy atom. The molecule has 0 amide bonds. The highest BCUT2D eigenvalue weighted by Crippen LogP contribution is 2.41. The highest BCUT2D eigenvalue weighted by Gasteiger charge is 2.21. The molecule has 1 aliphatic rings. The van der Waals surface area contributed by atoms with Gasteiger partial charge in [0.05, 0.1) is 11.0 Å². The smallest absolute Gasteiger partial charge is 0.537 e. The number of hydrogen-bond donors (Lipinski definition) is 1. The first-order valence-corrected chi connectivity index (χ1v) is 44.9. The zero-order valence-corrected chi connectivity index (χ0v) is 74.5. The van der Waals surface area contributed by atoms with Gasteiger partial charge in [0.25, 0.3) is 0 Å². The van der Waals surface area contributed by atoms with Crippen LogP contribution < -0.4 is 4.65 Å². The van der Waals surface area contributed by atoms with Crippen LogP contribution in [-0.4, -0.2) is 62.1 Å². The molecule has 0 unspecified atom stereocenters. The van der Waals surface area contributed by atoms with Gasteiger partial charge < -0.3 is 14.2 Å². The zero-order chi connectivity index (χ0) is 90.7. The average molecular weight is 1790 g/mol. The molecule has 0 atom stereocenters.